The maximum atomic E-state index is 12.0. The zero-order chi connectivity index (χ0) is 15.2. The van der Waals surface area contributed by atoms with E-state index in [9.17, 15) is 4.79 Å². The van der Waals surface area contributed by atoms with Crippen LogP contribution in [-0.4, -0.2) is 16.6 Å². The third-order valence-electron chi connectivity index (χ3n) is 3.15. The highest BCUT2D eigenvalue weighted by molar-refractivity contribution is 5.54. The van der Waals surface area contributed by atoms with Gasteiger partial charge in [0.1, 0.15) is 5.75 Å². The van der Waals surface area contributed by atoms with Crippen LogP contribution in [0.1, 0.15) is 31.5 Å². The average molecular weight is 287 g/mol. The van der Waals surface area contributed by atoms with Gasteiger partial charge in [-0.1, -0.05) is 13.3 Å². The van der Waals surface area contributed by atoms with Crippen molar-refractivity contribution in [1.82, 2.24) is 9.97 Å². The molecular weight excluding hydrogens is 266 g/mol. The lowest BCUT2D eigenvalue weighted by molar-refractivity contribution is 0.340. The van der Waals surface area contributed by atoms with Crippen LogP contribution in [0.3, 0.4) is 0 Å². The van der Waals surface area contributed by atoms with Gasteiger partial charge in [-0.2, -0.15) is 0 Å². The molecule has 1 aromatic heterocycles. The number of hydrogen-bond donors (Lipinski definition) is 2. The zero-order valence-corrected chi connectivity index (χ0v) is 12.7. The molecule has 0 radical (unpaired) electrons. The number of rotatable bonds is 6. The van der Waals surface area contributed by atoms with Gasteiger partial charge in [0.05, 0.1) is 6.61 Å². The highest BCUT2D eigenvalue weighted by atomic mass is 16.5. The Morgan fingerprint density at radius 3 is 2.52 bits per heavy atom. The molecule has 112 valence electrons. The fraction of sp³-hybridized carbons (Fsp3) is 0.375. The van der Waals surface area contributed by atoms with E-state index in [-0.39, 0.29) is 5.56 Å². The topological polar surface area (TPSA) is 67.0 Å². The normalized spacial score (nSPS) is 10.4. The summed E-state index contributed by atoms with van der Waals surface area (Å²) < 4.78 is 5.39. The van der Waals surface area contributed by atoms with E-state index in [1.165, 1.54) is 0 Å². The molecule has 0 saturated heterocycles. The SMILES string of the molecule is CCCc1c(C)nc(Nc2ccc(OCC)cc2)[nH]c1=O. The Morgan fingerprint density at radius 1 is 1.24 bits per heavy atom. The highest BCUT2D eigenvalue weighted by Gasteiger charge is 2.07. The minimum Gasteiger partial charge on any atom is -0.494 e. The molecule has 0 atom stereocenters. The van der Waals surface area contributed by atoms with E-state index in [0.29, 0.717) is 12.6 Å². The molecule has 0 bridgehead atoms. The van der Waals surface area contributed by atoms with Crippen LogP contribution < -0.4 is 15.6 Å². The minimum atomic E-state index is -0.0715. The molecule has 2 rings (SSSR count). The smallest absolute Gasteiger partial charge is 0.255 e. The Bertz CT molecular complexity index is 648. The number of aromatic nitrogens is 2. The summed E-state index contributed by atoms with van der Waals surface area (Å²) in [6.45, 7) is 6.50. The van der Waals surface area contributed by atoms with Crippen molar-refractivity contribution in [2.24, 2.45) is 0 Å². The molecule has 21 heavy (non-hydrogen) atoms. The predicted molar refractivity (Wildman–Crippen MR) is 84.5 cm³/mol. The van der Waals surface area contributed by atoms with Crippen LogP contribution in [0.2, 0.25) is 0 Å². The molecule has 0 saturated carbocycles. The van der Waals surface area contributed by atoms with E-state index >= 15 is 0 Å². The van der Waals surface area contributed by atoms with Gasteiger partial charge in [-0.15, -0.1) is 0 Å². The molecule has 2 N–H and O–H groups in total. The van der Waals surface area contributed by atoms with Crippen LogP contribution in [0.4, 0.5) is 11.6 Å². The molecule has 0 fully saturated rings. The van der Waals surface area contributed by atoms with Crippen molar-refractivity contribution in [3.63, 3.8) is 0 Å². The first-order valence-corrected chi connectivity index (χ1v) is 7.23. The number of aryl methyl sites for hydroxylation is 1. The van der Waals surface area contributed by atoms with E-state index in [0.717, 1.165) is 35.5 Å². The summed E-state index contributed by atoms with van der Waals surface area (Å²) in [5.41, 5.74) is 2.31. The summed E-state index contributed by atoms with van der Waals surface area (Å²) >= 11 is 0. The van der Waals surface area contributed by atoms with Gasteiger partial charge in [0.25, 0.3) is 5.56 Å². The van der Waals surface area contributed by atoms with Crippen molar-refractivity contribution in [3.8, 4) is 5.75 Å². The molecule has 0 spiro atoms. The van der Waals surface area contributed by atoms with Crippen molar-refractivity contribution in [2.75, 3.05) is 11.9 Å². The number of H-pyrrole nitrogens is 1. The second-order valence-corrected chi connectivity index (χ2v) is 4.81. The van der Waals surface area contributed by atoms with Crippen molar-refractivity contribution in [1.29, 1.82) is 0 Å². The molecule has 5 nitrogen and oxygen atoms in total. The highest BCUT2D eigenvalue weighted by Crippen LogP contribution is 2.18. The largest absolute Gasteiger partial charge is 0.494 e. The van der Waals surface area contributed by atoms with Crippen molar-refractivity contribution < 1.29 is 4.74 Å². The van der Waals surface area contributed by atoms with E-state index in [1.807, 2.05) is 45.0 Å². The van der Waals surface area contributed by atoms with Gasteiger partial charge >= 0.3 is 0 Å². The zero-order valence-electron chi connectivity index (χ0n) is 12.7. The van der Waals surface area contributed by atoms with Gasteiger partial charge in [0, 0.05) is 16.9 Å². The van der Waals surface area contributed by atoms with Crippen LogP contribution in [0.25, 0.3) is 0 Å². The van der Waals surface area contributed by atoms with Gasteiger partial charge in [-0.25, -0.2) is 4.98 Å². The van der Waals surface area contributed by atoms with E-state index in [1.54, 1.807) is 0 Å². The quantitative estimate of drug-likeness (QED) is 0.856. The number of nitrogens with one attached hydrogen (secondary N) is 2. The summed E-state index contributed by atoms with van der Waals surface area (Å²) in [7, 11) is 0. The standard InChI is InChI=1S/C16H21N3O2/c1-4-6-14-11(3)17-16(19-15(14)20)18-12-7-9-13(10-8-12)21-5-2/h7-10H,4-6H2,1-3H3,(H2,17,18,19,20). The first kappa shape index (κ1) is 15.1. The second-order valence-electron chi connectivity index (χ2n) is 4.81. The fourth-order valence-electron chi connectivity index (χ4n) is 2.15. The third kappa shape index (κ3) is 3.84. The maximum Gasteiger partial charge on any atom is 0.255 e. The number of hydrogen-bond acceptors (Lipinski definition) is 4. The van der Waals surface area contributed by atoms with Crippen molar-refractivity contribution in [2.45, 2.75) is 33.6 Å². The van der Waals surface area contributed by atoms with Gasteiger partial charge < -0.3 is 10.1 Å². The lowest BCUT2D eigenvalue weighted by Gasteiger charge is -2.09. The Kier molecular flexibility index (Phi) is 4.98. The van der Waals surface area contributed by atoms with E-state index in [2.05, 4.69) is 15.3 Å². The minimum absolute atomic E-state index is 0.0715. The molecule has 0 unspecified atom stereocenters. The van der Waals surface area contributed by atoms with Crippen molar-refractivity contribution >= 4 is 11.6 Å². The first-order chi connectivity index (χ1) is 10.1. The molecular formula is C16H21N3O2. The summed E-state index contributed by atoms with van der Waals surface area (Å²) in [5, 5.41) is 3.10. The van der Waals surface area contributed by atoms with Crippen LogP contribution in [-0.2, 0) is 6.42 Å². The third-order valence-corrected chi connectivity index (χ3v) is 3.15. The van der Waals surface area contributed by atoms with Gasteiger partial charge in [-0.3, -0.25) is 9.78 Å². The Balaban J connectivity index is 2.18. The monoisotopic (exact) mass is 287 g/mol. The number of ether oxygens (including phenoxy) is 1. The first-order valence-electron chi connectivity index (χ1n) is 7.23. The molecule has 1 aromatic carbocycles. The van der Waals surface area contributed by atoms with Gasteiger partial charge in [-0.05, 0) is 44.5 Å². The van der Waals surface area contributed by atoms with Crippen LogP contribution >= 0.6 is 0 Å². The second kappa shape index (κ2) is 6.92. The van der Waals surface area contributed by atoms with Gasteiger partial charge in [0.15, 0.2) is 0 Å². The molecule has 2 aromatic rings. The Morgan fingerprint density at radius 2 is 1.95 bits per heavy atom. The molecule has 0 aliphatic carbocycles. The van der Waals surface area contributed by atoms with Crippen molar-refractivity contribution in [3.05, 3.63) is 45.9 Å². The number of nitrogens with zero attached hydrogens (tertiary/aromatic N) is 1. The van der Waals surface area contributed by atoms with E-state index < -0.39 is 0 Å². The molecule has 5 heteroatoms. The van der Waals surface area contributed by atoms with E-state index in [4.69, 9.17) is 4.74 Å². The number of benzene rings is 1. The predicted octanol–water partition coefficient (Wildman–Crippen LogP) is 3.17. The molecule has 0 aliphatic heterocycles. The summed E-state index contributed by atoms with van der Waals surface area (Å²) in [4.78, 5) is 19.2. The Hall–Kier alpha value is -2.30. The van der Waals surface area contributed by atoms with Crippen LogP contribution in [0.15, 0.2) is 29.1 Å². The fourth-order valence-corrected chi connectivity index (χ4v) is 2.15. The molecule has 0 amide bonds. The average Bonchev–Trinajstić information content (AvgIpc) is 2.45. The maximum absolute atomic E-state index is 12.0. The summed E-state index contributed by atoms with van der Waals surface area (Å²) in [5.74, 6) is 1.28. The van der Waals surface area contributed by atoms with Crippen LogP contribution in [0, 0.1) is 6.92 Å². The summed E-state index contributed by atoms with van der Waals surface area (Å²) in [6, 6.07) is 7.53. The molecule has 0 aliphatic rings. The summed E-state index contributed by atoms with van der Waals surface area (Å²) in [6.07, 6.45) is 1.68. The molecule has 1 heterocycles. The Labute approximate surface area is 124 Å². The number of aromatic amines is 1. The van der Waals surface area contributed by atoms with Gasteiger partial charge in [0.2, 0.25) is 5.95 Å². The lowest BCUT2D eigenvalue weighted by Crippen LogP contribution is -2.18. The van der Waals surface area contributed by atoms with Crippen LogP contribution in [0.5, 0.6) is 5.75 Å². The number of anilines is 2. The lowest BCUT2D eigenvalue weighted by atomic mass is 10.1.